The van der Waals surface area contributed by atoms with Crippen LogP contribution in [0.4, 0.5) is 11.5 Å². The zero-order valence-electron chi connectivity index (χ0n) is 10.5. The number of aliphatic hydroxyl groups is 1. The van der Waals surface area contributed by atoms with E-state index >= 15 is 0 Å². The average Bonchev–Trinajstić information content (AvgIpc) is 2.40. The maximum Gasteiger partial charge on any atom is 0.288 e. The molecule has 19 heavy (non-hydrogen) atoms. The molecule has 0 radical (unpaired) electrons. The van der Waals surface area contributed by atoms with Gasteiger partial charge >= 0.3 is 0 Å². The van der Waals surface area contributed by atoms with Gasteiger partial charge < -0.3 is 10.0 Å². The van der Waals surface area contributed by atoms with Crippen LogP contribution in [0.25, 0.3) is 0 Å². The molecule has 0 amide bonds. The van der Waals surface area contributed by atoms with Gasteiger partial charge in [-0.05, 0) is 41.6 Å². The molecule has 1 aromatic rings. The van der Waals surface area contributed by atoms with Crippen LogP contribution in [-0.4, -0.2) is 34.2 Å². The molecule has 7 heteroatoms. The minimum Gasteiger partial charge on any atom is -0.396 e. The number of aliphatic hydroxyl groups excluding tert-OH is 1. The van der Waals surface area contributed by atoms with Crippen molar-refractivity contribution in [1.29, 1.82) is 0 Å². The Morgan fingerprint density at radius 1 is 1.58 bits per heavy atom. The monoisotopic (exact) mass is 329 g/mol. The lowest BCUT2D eigenvalue weighted by atomic mass is 9.99. The van der Waals surface area contributed by atoms with Crippen molar-refractivity contribution in [3.8, 4) is 0 Å². The van der Waals surface area contributed by atoms with E-state index in [-0.39, 0.29) is 18.3 Å². The Morgan fingerprint density at radius 2 is 2.37 bits per heavy atom. The summed E-state index contributed by atoms with van der Waals surface area (Å²) in [4.78, 5) is 16.6. The summed E-state index contributed by atoms with van der Waals surface area (Å²) in [6.45, 7) is 1.01. The first-order valence-electron chi connectivity index (χ1n) is 6.31. The summed E-state index contributed by atoms with van der Waals surface area (Å²) in [6.07, 6.45) is 5.22. The first-order chi connectivity index (χ1) is 9.13. The molecule has 104 valence electrons. The van der Waals surface area contributed by atoms with E-state index in [4.69, 9.17) is 5.11 Å². The van der Waals surface area contributed by atoms with Gasteiger partial charge in [0.25, 0.3) is 5.69 Å². The highest BCUT2D eigenvalue weighted by atomic mass is 79.9. The summed E-state index contributed by atoms with van der Waals surface area (Å²) in [6, 6.07) is 1.73. The topological polar surface area (TPSA) is 79.5 Å². The summed E-state index contributed by atoms with van der Waals surface area (Å²) in [7, 11) is 0. The van der Waals surface area contributed by atoms with Gasteiger partial charge in [-0.3, -0.25) is 10.1 Å². The molecule has 0 saturated carbocycles. The Labute approximate surface area is 119 Å². The summed E-state index contributed by atoms with van der Waals surface area (Å²) in [5, 5.41) is 19.8. The number of pyridine rings is 1. The van der Waals surface area contributed by atoms with Crippen LogP contribution < -0.4 is 4.90 Å². The van der Waals surface area contributed by atoms with E-state index < -0.39 is 4.92 Å². The largest absolute Gasteiger partial charge is 0.396 e. The van der Waals surface area contributed by atoms with E-state index in [1.807, 2.05) is 0 Å². The Bertz CT molecular complexity index is 468. The van der Waals surface area contributed by atoms with Crippen molar-refractivity contribution >= 4 is 27.4 Å². The van der Waals surface area contributed by atoms with Crippen LogP contribution in [0.3, 0.4) is 0 Å². The molecule has 2 heterocycles. The predicted molar refractivity (Wildman–Crippen MR) is 75.3 cm³/mol. The van der Waals surface area contributed by atoms with Gasteiger partial charge in [-0.15, -0.1) is 0 Å². The third-order valence-electron chi connectivity index (χ3n) is 3.38. The zero-order valence-corrected chi connectivity index (χ0v) is 12.0. The molecule has 6 nitrogen and oxygen atoms in total. The third-order valence-corrected chi connectivity index (χ3v) is 3.96. The summed E-state index contributed by atoms with van der Waals surface area (Å²) in [5.74, 6) is 0.726. The number of rotatable bonds is 4. The van der Waals surface area contributed by atoms with Crippen molar-refractivity contribution < 1.29 is 10.0 Å². The van der Waals surface area contributed by atoms with Crippen LogP contribution in [0.15, 0.2) is 16.7 Å². The van der Waals surface area contributed by atoms with Gasteiger partial charge in [-0.1, -0.05) is 0 Å². The molecular formula is C12H16BrN3O3. The fourth-order valence-electron chi connectivity index (χ4n) is 2.46. The molecule has 0 bridgehead atoms. The summed E-state index contributed by atoms with van der Waals surface area (Å²) >= 11 is 3.36. The first-order valence-corrected chi connectivity index (χ1v) is 7.10. The van der Waals surface area contributed by atoms with Crippen molar-refractivity contribution in [2.75, 3.05) is 18.1 Å². The van der Waals surface area contributed by atoms with Gasteiger partial charge in [0.05, 0.1) is 9.40 Å². The molecule has 0 aliphatic carbocycles. The molecule has 1 N–H and O–H groups in total. The molecule has 1 aliphatic rings. The third kappa shape index (κ3) is 3.22. The second-order valence-electron chi connectivity index (χ2n) is 4.61. The molecule has 1 atom stereocenters. The second kappa shape index (κ2) is 6.29. The molecule has 1 fully saturated rings. The average molecular weight is 330 g/mol. The van der Waals surface area contributed by atoms with E-state index in [0.717, 1.165) is 31.6 Å². The zero-order chi connectivity index (χ0) is 13.8. The van der Waals surface area contributed by atoms with Crippen LogP contribution in [0.1, 0.15) is 25.7 Å². The lowest BCUT2D eigenvalue weighted by molar-refractivity contribution is -0.385. The van der Waals surface area contributed by atoms with E-state index in [1.165, 1.54) is 12.3 Å². The van der Waals surface area contributed by atoms with Gasteiger partial charge in [0.15, 0.2) is 0 Å². The van der Waals surface area contributed by atoms with E-state index in [2.05, 4.69) is 25.8 Å². The molecule has 1 unspecified atom stereocenters. The highest BCUT2D eigenvalue weighted by molar-refractivity contribution is 9.10. The van der Waals surface area contributed by atoms with E-state index in [1.54, 1.807) is 0 Å². The van der Waals surface area contributed by atoms with Gasteiger partial charge in [0, 0.05) is 25.3 Å². The highest BCUT2D eigenvalue weighted by Gasteiger charge is 2.25. The van der Waals surface area contributed by atoms with E-state index in [9.17, 15) is 10.1 Å². The number of piperidine rings is 1. The van der Waals surface area contributed by atoms with Crippen molar-refractivity contribution in [2.24, 2.45) is 0 Å². The predicted octanol–water partition coefficient (Wildman–Crippen LogP) is 2.49. The lowest BCUT2D eigenvalue weighted by Crippen LogP contribution is -2.40. The Hall–Kier alpha value is -1.21. The van der Waals surface area contributed by atoms with Crippen molar-refractivity contribution in [1.82, 2.24) is 4.98 Å². The van der Waals surface area contributed by atoms with Gasteiger partial charge in [0.2, 0.25) is 0 Å². The Morgan fingerprint density at radius 3 is 3.00 bits per heavy atom. The molecule has 0 spiro atoms. The van der Waals surface area contributed by atoms with Crippen LogP contribution in [-0.2, 0) is 0 Å². The number of hydrogen-bond acceptors (Lipinski definition) is 5. The van der Waals surface area contributed by atoms with Gasteiger partial charge in [-0.2, -0.15) is 0 Å². The minimum absolute atomic E-state index is 0.0219. The molecule has 1 aromatic heterocycles. The maximum atomic E-state index is 10.7. The summed E-state index contributed by atoms with van der Waals surface area (Å²) in [5.41, 5.74) is -0.0219. The SMILES string of the molecule is O=[N+]([O-])c1cnc(N2CCCCC2CCO)c(Br)c1. The highest BCUT2D eigenvalue weighted by Crippen LogP contribution is 2.32. The number of nitrogens with zero attached hydrogens (tertiary/aromatic N) is 3. The fraction of sp³-hybridized carbons (Fsp3) is 0.583. The first kappa shape index (κ1) is 14.2. The number of anilines is 1. The van der Waals surface area contributed by atoms with Crippen LogP contribution >= 0.6 is 15.9 Å². The van der Waals surface area contributed by atoms with Crippen LogP contribution in [0.2, 0.25) is 0 Å². The maximum absolute atomic E-state index is 10.7. The second-order valence-corrected chi connectivity index (χ2v) is 5.47. The number of nitro groups is 1. The van der Waals surface area contributed by atoms with Crippen LogP contribution in [0, 0.1) is 10.1 Å². The standard InChI is InChI=1S/C12H16BrN3O3/c13-11-7-10(16(18)19)8-14-12(11)15-5-2-1-3-9(15)4-6-17/h7-9,17H,1-6H2. The van der Waals surface area contributed by atoms with Crippen LogP contribution in [0.5, 0.6) is 0 Å². The number of hydrogen-bond donors (Lipinski definition) is 1. The number of halogens is 1. The smallest absolute Gasteiger partial charge is 0.288 e. The van der Waals surface area contributed by atoms with Crippen molar-refractivity contribution in [3.63, 3.8) is 0 Å². The van der Waals surface area contributed by atoms with E-state index in [0.29, 0.717) is 10.9 Å². The molecule has 0 aromatic carbocycles. The number of aromatic nitrogens is 1. The molecule has 1 aliphatic heterocycles. The Kier molecular flexibility index (Phi) is 4.71. The van der Waals surface area contributed by atoms with Crippen molar-refractivity contribution in [3.05, 3.63) is 26.9 Å². The fourth-order valence-corrected chi connectivity index (χ4v) is 3.03. The molecule has 1 saturated heterocycles. The van der Waals surface area contributed by atoms with Gasteiger partial charge in [-0.25, -0.2) is 4.98 Å². The Balaban J connectivity index is 2.26. The van der Waals surface area contributed by atoms with Crippen molar-refractivity contribution in [2.45, 2.75) is 31.7 Å². The quantitative estimate of drug-likeness (QED) is 0.678. The molecular weight excluding hydrogens is 314 g/mol. The summed E-state index contributed by atoms with van der Waals surface area (Å²) < 4.78 is 0.631. The minimum atomic E-state index is -0.455. The lowest BCUT2D eigenvalue weighted by Gasteiger charge is -2.36. The normalized spacial score (nSPS) is 19.5. The molecule has 2 rings (SSSR count). The van der Waals surface area contributed by atoms with Gasteiger partial charge in [0.1, 0.15) is 12.0 Å².